The molecule has 1 atom stereocenters. The van der Waals surface area contributed by atoms with Crippen LogP contribution in [0, 0.1) is 11.6 Å². The monoisotopic (exact) mass is 289 g/mol. The summed E-state index contributed by atoms with van der Waals surface area (Å²) in [4.78, 5) is 13.8. The molecule has 0 unspecified atom stereocenters. The highest BCUT2D eigenvalue weighted by Gasteiger charge is 2.26. The number of nitrogens with zero attached hydrogens (tertiary/aromatic N) is 1. The lowest BCUT2D eigenvalue weighted by Gasteiger charge is -2.26. The zero-order chi connectivity index (χ0) is 14.0. The van der Waals surface area contributed by atoms with Gasteiger partial charge in [-0.15, -0.1) is 0 Å². The van der Waals surface area contributed by atoms with Crippen LogP contribution >= 0.6 is 11.6 Å². The van der Waals surface area contributed by atoms with E-state index < -0.39 is 22.6 Å². The first-order chi connectivity index (χ1) is 9.02. The van der Waals surface area contributed by atoms with Crippen LogP contribution in [0.25, 0.3) is 0 Å². The van der Waals surface area contributed by atoms with Crippen LogP contribution in [0.1, 0.15) is 23.7 Å². The SMILES string of the molecule is C[C@H]1CCOCCN1C(=O)c1ccc(F)c(Cl)c1F. The molecule has 0 N–H and O–H groups in total. The van der Waals surface area contributed by atoms with Crippen molar-refractivity contribution in [2.45, 2.75) is 19.4 Å². The summed E-state index contributed by atoms with van der Waals surface area (Å²) in [6, 6.07) is 2.06. The van der Waals surface area contributed by atoms with Crippen LogP contribution in [-0.2, 0) is 4.74 Å². The summed E-state index contributed by atoms with van der Waals surface area (Å²) in [5.41, 5.74) is -0.208. The maximum atomic E-state index is 13.8. The van der Waals surface area contributed by atoms with Gasteiger partial charge in [0.1, 0.15) is 10.8 Å². The van der Waals surface area contributed by atoms with Crippen molar-refractivity contribution < 1.29 is 18.3 Å². The molecule has 1 aliphatic rings. The predicted octanol–water partition coefficient (Wildman–Crippen LogP) is 2.87. The summed E-state index contributed by atoms with van der Waals surface area (Å²) >= 11 is 5.49. The summed E-state index contributed by atoms with van der Waals surface area (Å²) in [6.07, 6.45) is 0.683. The molecule has 3 nitrogen and oxygen atoms in total. The van der Waals surface area contributed by atoms with Crippen molar-refractivity contribution in [3.8, 4) is 0 Å². The van der Waals surface area contributed by atoms with E-state index >= 15 is 0 Å². The molecule has 0 radical (unpaired) electrons. The second kappa shape index (κ2) is 5.84. The van der Waals surface area contributed by atoms with E-state index in [1.165, 1.54) is 4.90 Å². The lowest BCUT2D eigenvalue weighted by atomic mass is 10.1. The Labute approximate surface area is 115 Å². The highest BCUT2D eigenvalue weighted by molar-refractivity contribution is 6.31. The molecule has 6 heteroatoms. The number of carbonyl (C=O) groups excluding carboxylic acids is 1. The van der Waals surface area contributed by atoms with Crippen molar-refractivity contribution in [3.05, 3.63) is 34.4 Å². The van der Waals surface area contributed by atoms with E-state index in [-0.39, 0.29) is 11.6 Å². The smallest absolute Gasteiger partial charge is 0.257 e. The minimum atomic E-state index is -1.01. The van der Waals surface area contributed by atoms with Crippen molar-refractivity contribution in [2.75, 3.05) is 19.8 Å². The molecule has 0 spiro atoms. The predicted molar refractivity (Wildman–Crippen MR) is 67.3 cm³/mol. The lowest BCUT2D eigenvalue weighted by Crippen LogP contribution is -2.39. The highest BCUT2D eigenvalue weighted by Crippen LogP contribution is 2.24. The van der Waals surface area contributed by atoms with Gasteiger partial charge in [0, 0.05) is 19.2 Å². The Morgan fingerprint density at radius 1 is 1.42 bits per heavy atom. The number of rotatable bonds is 1. The molecule has 1 heterocycles. The van der Waals surface area contributed by atoms with Crippen LogP contribution < -0.4 is 0 Å². The lowest BCUT2D eigenvalue weighted by molar-refractivity contribution is 0.0682. The van der Waals surface area contributed by atoms with Crippen molar-refractivity contribution in [1.82, 2.24) is 4.90 Å². The standard InChI is InChI=1S/C13H14ClF2NO2/c1-8-4-6-19-7-5-17(8)13(18)9-2-3-10(15)11(14)12(9)16/h2-3,8H,4-7H2,1H3/t8-/m0/s1. The van der Waals surface area contributed by atoms with Gasteiger partial charge in [-0.25, -0.2) is 8.78 Å². The van der Waals surface area contributed by atoms with Crippen LogP contribution in [0.4, 0.5) is 8.78 Å². The van der Waals surface area contributed by atoms with Gasteiger partial charge in [-0.05, 0) is 25.5 Å². The molecule has 19 heavy (non-hydrogen) atoms. The second-order valence-electron chi connectivity index (χ2n) is 4.47. The third kappa shape index (κ3) is 2.87. The molecular formula is C13H14ClF2NO2. The first-order valence-electron chi connectivity index (χ1n) is 6.04. The third-order valence-electron chi connectivity index (χ3n) is 3.22. The van der Waals surface area contributed by atoms with E-state index in [9.17, 15) is 13.6 Å². The van der Waals surface area contributed by atoms with E-state index in [4.69, 9.17) is 16.3 Å². The Kier molecular flexibility index (Phi) is 4.37. The number of benzene rings is 1. The molecule has 1 aromatic carbocycles. The Hall–Kier alpha value is -1.20. The molecular weight excluding hydrogens is 276 g/mol. The molecule has 1 saturated heterocycles. The number of hydrogen-bond acceptors (Lipinski definition) is 2. The van der Waals surface area contributed by atoms with Crippen LogP contribution in [0.15, 0.2) is 12.1 Å². The van der Waals surface area contributed by atoms with Gasteiger partial charge < -0.3 is 9.64 Å². The minimum Gasteiger partial charge on any atom is -0.380 e. The van der Waals surface area contributed by atoms with Gasteiger partial charge >= 0.3 is 0 Å². The first-order valence-corrected chi connectivity index (χ1v) is 6.42. The van der Waals surface area contributed by atoms with Crippen molar-refractivity contribution >= 4 is 17.5 Å². The number of amides is 1. The average molecular weight is 290 g/mol. The largest absolute Gasteiger partial charge is 0.380 e. The first kappa shape index (κ1) is 14.2. The topological polar surface area (TPSA) is 29.5 Å². The van der Waals surface area contributed by atoms with Crippen LogP contribution in [0.3, 0.4) is 0 Å². The van der Waals surface area contributed by atoms with E-state index in [2.05, 4.69) is 0 Å². The zero-order valence-electron chi connectivity index (χ0n) is 10.5. The Morgan fingerprint density at radius 2 is 2.16 bits per heavy atom. The molecule has 1 amide bonds. The molecule has 1 aliphatic heterocycles. The van der Waals surface area contributed by atoms with Crippen LogP contribution in [-0.4, -0.2) is 36.6 Å². The van der Waals surface area contributed by atoms with Gasteiger partial charge in [0.2, 0.25) is 0 Å². The number of hydrogen-bond donors (Lipinski definition) is 0. The quantitative estimate of drug-likeness (QED) is 0.744. The molecule has 0 bridgehead atoms. The van der Waals surface area contributed by atoms with Crippen molar-refractivity contribution in [2.24, 2.45) is 0 Å². The van der Waals surface area contributed by atoms with Gasteiger partial charge in [0.05, 0.1) is 12.2 Å². The van der Waals surface area contributed by atoms with Gasteiger partial charge in [0.15, 0.2) is 5.82 Å². The maximum Gasteiger partial charge on any atom is 0.257 e. The highest BCUT2D eigenvalue weighted by atomic mass is 35.5. The fourth-order valence-corrected chi connectivity index (χ4v) is 2.21. The molecule has 2 rings (SSSR count). The summed E-state index contributed by atoms with van der Waals surface area (Å²) < 4.78 is 32.2. The third-order valence-corrected chi connectivity index (χ3v) is 3.56. The van der Waals surface area contributed by atoms with E-state index in [1.54, 1.807) is 0 Å². The molecule has 1 aromatic rings. The number of carbonyl (C=O) groups is 1. The van der Waals surface area contributed by atoms with Gasteiger partial charge in [-0.1, -0.05) is 11.6 Å². The molecule has 104 valence electrons. The Bertz CT molecular complexity index is 496. The van der Waals surface area contributed by atoms with Crippen molar-refractivity contribution in [1.29, 1.82) is 0 Å². The summed E-state index contributed by atoms with van der Waals surface area (Å²) in [6.45, 7) is 3.23. The average Bonchev–Trinajstić information content (AvgIpc) is 2.60. The molecule has 0 aliphatic carbocycles. The van der Waals surface area contributed by atoms with E-state index in [0.717, 1.165) is 12.1 Å². The second-order valence-corrected chi connectivity index (χ2v) is 4.85. The summed E-state index contributed by atoms with van der Waals surface area (Å²) in [5, 5.41) is -0.649. The van der Waals surface area contributed by atoms with Gasteiger partial charge in [-0.2, -0.15) is 0 Å². The van der Waals surface area contributed by atoms with Gasteiger partial charge in [-0.3, -0.25) is 4.79 Å². The van der Waals surface area contributed by atoms with E-state index in [0.29, 0.717) is 26.2 Å². The zero-order valence-corrected chi connectivity index (χ0v) is 11.2. The van der Waals surface area contributed by atoms with Crippen LogP contribution in [0.2, 0.25) is 5.02 Å². The minimum absolute atomic E-state index is 0.0572. The molecule has 1 fully saturated rings. The summed E-state index contributed by atoms with van der Waals surface area (Å²) in [7, 11) is 0. The Morgan fingerprint density at radius 3 is 2.89 bits per heavy atom. The van der Waals surface area contributed by atoms with E-state index in [1.807, 2.05) is 6.92 Å². The molecule has 0 aromatic heterocycles. The summed E-state index contributed by atoms with van der Waals surface area (Å²) in [5.74, 6) is -2.37. The fraction of sp³-hybridized carbons (Fsp3) is 0.462. The van der Waals surface area contributed by atoms with Gasteiger partial charge in [0.25, 0.3) is 5.91 Å². The van der Waals surface area contributed by atoms with Crippen LogP contribution in [0.5, 0.6) is 0 Å². The molecule has 0 saturated carbocycles. The number of ether oxygens (including phenoxy) is 1. The van der Waals surface area contributed by atoms with Crippen molar-refractivity contribution in [3.63, 3.8) is 0 Å². The maximum absolute atomic E-state index is 13.8. The number of halogens is 3. The normalized spacial score (nSPS) is 20.2. The Balaban J connectivity index is 2.30. The fourth-order valence-electron chi connectivity index (χ4n) is 2.04.